The summed E-state index contributed by atoms with van der Waals surface area (Å²) < 4.78 is 14.1. The van der Waals surface area contributed by atoms with E-state index in [0.717, 1.165) is 19.5 Å². The number of aliphatic imine (C=N–C) groups is 2. The van der Waals surface area contributed by atoms with Crippen LogP contribution in [0.2, 0.25) is 0 Å². The highest BCUT2D eigenvalue weighted by Gasteiger charge is 2.47. The Kier molecular flexibility index (Phi) is 7.45. The third-order valence-electron chi connectivity index (χ3n) is 9.11. The third-order valence-corrected chi connectivity index (χ3v) is 16.6. The van der Waals surface area contributed by atoms with E-state index in [2.05, 4.69) is 54.7 Å². The molecule has 0 spiro atoms. The predicted molar refractivity (Wildman–Crippen MR) is 208 cm³/mol. The summed E-state index contributed by atoms with van der Waals surface area (Å²) in [6, 6.07) is 13.6. The minimum Gasteiger partial charge on any atom is -0.495 e. The summed E-state index contributed by atoms with van der Waals surface area (Å²) in [7, 11) is 3.26. The molecule has 0 saturated carbocycles. The van der Waals surface area contributed by atoms with E-state index in [1.165, 1.54) is 73.8 Å². The summed E-state index contributed by atoms with van der Waals surface area (Å²) in [6.45, 7) is 16.5. The van der Waals surface area contributed by atoms with Crippen molar-refractivity contribution in [3.63, 3.8) is 0 Å². The summed E-state index contributed by atoms with van der Waals surface area (Å²) in [6.07, 6.45) is 0. The largest absolute Gasteiger partial charge is 0.495 e. The molecule has 50 heavy (non-hydrogen) atoms. The van der Waals surface area contributed by atoms with E-state index in [9.17, 15) is 15.8 Å². The molecule has 0 fully saturated rings. The van der Waals surface area contributed by atoms with Crippen LogP contribution in [0.5, 0.6) is 11.5 Å². The average Bonchev–Trinajstić information content (AvgIpc) is 3.94. The molecule has 14 heteroatoms. The SMILES string of the molecule is [C-]#[N+]C(C#N)=Nc1cc(OC)c(-c2cc3c(s2)-c2sc4c5c(sc4c2C3(C)C)-c2sc(-c3sc(N=C(C#N)C#N)cc3OC)cc2C5(C)C)s1. The molecule has 6 aromatic rings. The van der Waals surface area contributed by atoms with E-state index in [-0.39, 0.29) is 22.4 Å². The van der Waals surface area contributed by atoms with Crippen molar-refractivity contribution in [2.45, 2.75) is 38.5 Å². The lowest BCUT2D eigenvalue weighted by atomic mass is 9.82. The van der Waals surface area contributed by atoms with Gasteiger partial charge in [-0.15, -0.1) is 56.7 Å². The van der Waals surface area contributed by atoms with Crippen molar-refractivity contribution in [2.75, 3.05) is 14.2 Å². The Labute approximate surface area is 311 Å². The molecule has 6 heterocycles. The van der Waals surface area contributed by atoms with Crippen molar-refractivity contribution in [1.82, 2.24) is 0 Å². The van der Waals surface area contributed by atoms with Gasteiger partial charge in [-0.2, -0.15) is 10.5 Å². The Hall–Kier alpha value is -4.64. The minimum atomic E-state index is -0.209. The summed E-state index contributed by atoms with van der Waals surface area (Å²) in [5.74, 6) is 1.17. The van der Waals surface area contributed by atoms with Crippen molar-refractivity contribution in [2.24, 2.45) is 9.98 Å². The molecular weight excluding hydrogens is 741 g/mol. The molecule has 0 atom stereocenters. The van der Waals surface area contributed by atoms with Gasteiger partial charge in [-0.1, -0.05) is 50.6 Å². The second-order valence-electron chi connectivity index (χ2n) is 12.5. The molecule has 0 N–H and O–H groups in total. The van der Waals surface area contributed by atoms with Crippen molar-refractivity contribution in [3.05, 3.63) is 57.9 Å². The van der Waals surface area contributed by atoms with E-state index < -0.39 is 0 Å². The molecule has 0 radical (unpaired) electrons. The van der Waals surface area contributed by atoms with Crippen LogP contribution in [0.15, 0.2) is 34.3 Å². The lowest BCUT2D eigenvalue weighted by Crippen LogP contribution is -2.15. The maximum atomic E-state index is 9.22. The topological polar surface area (TPSA) is 119 Å². The van der Waals surface area contributed by atoms with Crippen LogP contribution in [0, 0.1) is 40.6 Å². The first-order chi connectivity index (χ1) is 24.0. The fraction of sp³-hybridized carbons (Fsp3) is 0.222. The van der Waals surface area contributed by atoms with Gasteiger partial charge in [0.1, 0.15) is 34.7 Å². The number of hydrogen-bond acceptors (Lipinski definition) is 13. The number of fused-ring (bicyclic) bond motifs is 9. The average molecular weight is 763 g/mol. The zero-order valence-electron chi connectivity index (χ0n) is 27.3. The van der Waals surface area contributed by atoms with Gasteiger partial charge in [-0.05, 0) is 34.4 Å². The predicted octanol–water partition coefficient (Wildman–Crippen LogP) is 11.8. The molecule has 0 aromatic carbocycles. The Morgan fingerprint density at radius 3 is 1.50 bits per heavy atom. The van der Waals surface area contributed by atoms with E-state index >= 15 is 0 Å². The van der Waals surface area contributed by atoms with Crippen LogP contribution < -0.4 is 9.47 Å². The van der Waals surface area contributed by atoms with Crippen molar-refractivity contribution < 1.29 is 9.47 Å². The first-order valence-corrected chi connectivity index (χ1v) is 19.9. The number of ether oxygens (including phenoxy) is 2. The van der Waals surface area contributed by atoms with E-state index in [4.69, 9.17) is 16.0 Å². The maximum Gasteiger partial charge on any atom is 0.350 e. The van der Waals surface area contributed by atoms with Crippen LogP contribution in [-0.4, -0.2) is 25.8 Å². The number of hydrogen-bond donors (Lipinski definition) is 0. The van der Waals surface area contributed by atoms with Gasteiger partial charge in [-0.25, -0.2) is 10.3 Å². The molecule has 244 valence electrons. The lowest BCUT2D eigenvalue weighted by Gasteiger charge is -2.20. The summed E-state index contributed by atoms with van der Waals surface area (Å²) >= 11 is 10.2. The number of nitriles is 3. The van der Waals surface area contributed by atoms with Gasteiger partial charge in [0.15, 0.2) is 0 Å². The lowest BCUT2D eigenvalue weighted by molar-refractivity contribution is 0.418. The van der Waals surface area contributed by atoms with E-state index in [1.54, 1.807) is 49.0 Å². The number of rotatable bonds is 6. The van der Waals surface area contributed by atoms with Gasteiger partial charge in [0, 0.05) is 42.5 Å². The summed E-state index contributed by atoms with van der Waals surface area (Å²) in [4.78, 5) is 20.9. The van der Waals surface area contributed by atoms with Gasteiger partial charge in [0.2, 0.25) is 10.7 Å². The Morgan fingerprint density at radius 1 is 0.640 bits per heavy atom. The monoisotopic (exact) mass is 762 g/mol. The molecule has 0 bridgehead atoms. The van der Waals surface area contributed by atoms with Crippen LogP contribution in [-0.2, 0) is 10.8 Å². The van der Waals surface area contributed by atoms with Crippen LogP contribution in [0.25, 0.3) is 53.3 Å². The third kappa shape index (κ3) is 4.51. The smallest absolute Gasteiger partial charge is 0.350 e. The van der Waals surface area contributed by atoms with Crippen LogP contribution in [0.4, 0.5) is 10.0 Å². The van der Waals surface area contributed by atoms with Crippen LogP contribution >= 0.6 is 68.0 Å². The number of thiophene rings is 6. The molecule has 8 rings (SSSR count). The van der Waals surface area contributed by atoms with Crippen LogP contribution in [0.1, 0.15) is 49.9 Å². The summed E-state index contributed by atoms with van der Waals surface area (Å²) in [5.41, 5.74) is 4.78. The number of nitrogens with zero attached hydrogens (tertiary/aromatic N) is 6. The molecule has 0 unspecified atom stereocenters. The standard InChI is InChI=1S/C36H22N6O2S6/c1-35(2)16-8-20(29-18(43-6)10-23(47-29)41-15(12-37)13-38)45-27(16)31-25(35)33-34(49-31)26-32(50-33)28-17(36(26,3)4)9-21(46-28)30-19(44-7)11-24(48-30)42-22(14-39)40-5/h8-11H,1-4,6-7H3. The first-order valence-electron chi connectivity index (χ1n) is 15.0. The summed E-state index contributed by atoms with van der Waals surface area (Å²) in [5, 5.41) is 28.8. The molecule has 6 aromatic heterocycles. The van der Waals surface area contributed by atoms with E-state index in [0.29, 0.717) is 21.5 Å². The van der Waals surface area contributed by atoms with Gasteiger partial charge < -0.3 is 14.3 Å². The molecule has 0 saturated heterocycles. The molecule has 2 aliphatic rings. The van der Waals surface area contributed by atoms with Gasteiger partial charge >= 0.3 is 5.84 Å². The fourth-order valence-corrected chi connectivity index (χ4v) is 15.4. The Bertz CT molecular complexity index is 2480. The second-order valence-corrected chi connectivity index (χ2v) is 18.7. The normalized spacial score (nSPS) is 14.6. The van der Waals surface area contributed by atoms with Gasteiger partial charge in [0.05, 0.1) is 43.1 Å². The highest BCUT2D eigenvalue weighted by molar-refractivity contribution is 7.35. The Balaban J connectivity index is 1.22. The number of methoxy groups -OCH3 is 2. The first kappa shape index (κ1) is 32.6. The van der Waals surface area contributed by atoms with Gasteiger partial charge in [0.25, 0.3) is 0 Å². The number of amidine groups is 1. The molecular formula is C36H22N6O2S6. The highest BCUT2D eigenvalue weighted by Crippen LogP contribution is 2.67. The molecule has 2 aliphatic carbocycles. The maximum absolute atomic E-state index is 9.22. The zero-order chi connectivity index (χ0) is 35.3. The second kappa shape index (κ2) is 11.4. The zero-order valence-corrected chi connectivity index (χ0v) is 32.2. The molecule has 0 amide bonds. The van der Waals surface area contributed by atoms with Gasteiger partial charge in [-0.3, -0.25) is 0 Å². The highest BCUT2D eigenvalue weighted by atomic mass is 32.1. The van der Waals surface area contributed by atoms with Crippen molar-refractivity contribution in [1.29, 1.82) is 15.8 Å². The Morgan fingerprint density at radius 2 is 1.10 bits per heavy atom. The van der Waals surface area contributed by atoms with E-state index in [1.807, 2.05) is 40.9 Å². The fourth-order valence-electron chi connectivity index (χ4n) is 6.78. The molecule has 0 aliphatic heterocycles. The van der Waals surface area contributed by atoms with Crippen molar-refractivity contribution >= 4 is 99.0 Å². The quantitative estimate of drug-likeness (QED) is 0.0950. The minimum absolute atomic E-state index is 0.183. The molecule has 8 nitrogen and oxygen atoms in total. The van der Waals surface area contributed by atoms with Crippen molar-refractivity contribution in [3.8, 4) is 68.7 Å². The van der Waals surface area contributed by atoms with Crippen LogP contribution in [0.3, 0.4) is 0 Å².